The molecule has 0 atom stereocenters. The Hall–Kier alpha value is -1.78. The quantitative estimate of drug-likeness (QED) is 0.397. The molecule has 87 valence electrons. The molecule has 0 bridgehead atoms. The zero-order valence-electron chi connectivity index (χ0n) is 6.95. The Morgan fingerprint density at radius 3 is 0.786 bits per heavy atom. The van der Waals surface area contributed by atoms with E-state index < -0.39 is 17.9 Å². The van der Waals surface area contributed by atoms with E-state index in [4.69, 9.17) is 34.0 Å². The Labute approximate surface area is 88.3 Å². The molecule has 8 heteroatoms. The first-order valence-electron chi connectivity index (χ1n) is 2.49. The predicted molar refractivity (Wildman–Crippen MR) is 40.7 cm³/mol. The van der Waals surface area contributed by atoms with Gasteiger partial charge in [0, 0.05) is 0 Å². The van der Waals surface area contributed by atoms with Crippen molar-refractivity contribution in [2.75, 3.05) is 0 Å². The number of hydrogen-bond acceptors (Lipinski definition) is 4. The first kappa shape index (κ1) is 22.8. The van der Waals surface area contributed by atoms with E-state index in [1.54, 1.807) is 0 Å². The van der Waals surface area contributed by atoms with Crippen LogP contribution in [0.1, 0.15) is 0 Å². The molecule has 0 rings (SSSR count). The molecule has 0 radical (unpaired) electrons. The summed E-state index contributed by atoms with van der Waals surface area (Å²) in [5.74, 6) is -3.25. The Morgan fingerprint density at radius 1 is 0.786 bits per heavy atom. The number of carboxylic acid groups (broad SMARTS) is 3. The monoisotopic (exact) mass is 249 g/mol. The van der Waals surface area contributed by atoms with Gasteiger partial charge in [0.1, 0.15) is 0 Å². The fourth-order valence-electron chi connectivity index (χ4n) is 0. The van der Waals surface area contributed by atoms with E-state index in [1.807, 2.05) is 0 Å². The van der Waals surface area contributed by atoms with Crippen molar-refractivity contribution in [1.29, 1.82) is 4.27 Å². The van der Waals surface area contributed by atoms with Gasteiger partial charge in [0.2, 0.25) is 0 Å². The molecular weight excluding hydrogens is 241 g/mol. The topological polar surface area (TPSA) is 136 Å². The van der Waals surface area contributed by atoms with Crippen molar-refractivity contribution in [1.82, 2.24) is 0 Å². The zero-order chi connectivity index (χ0) is 12.7. The van der Waals surface area contributed by atoms with Gasteiger partial charge in [-0.3, -0.25) is 35.2 Å². The number of aliphatic carboxylic acids is 3. The second-order valence-corrected chi connectivity index (χ2v) is 1.18. The number of hydrogen-bond donors (Lipinski definition) is 3. The SMILES string of the molecule is [CH2-]C(=O)O.[CH2-]C(=O)O.[CH2-]C(=O)O.[N]#[Ni]. The molecule has 0 aromatic carbocycles. The van der Waals surface area contributed by atoms with Gasteiger partial charge in [0.05, 0.1) is 0 Å². The van der Waals surface area contributed by atoms with E-state index in [0.717, 1.165) is 0 Å². The normalized spacial score (nSPS) is 5.43. The van der Waals surface area contributed by atoms with Crippen LogP contribution >= 0.6 is 0 Å². The molecule has 0 amide bonds. The zero-order valence-corrected chi connectivity index (χ0v) is 7.94. The summed E-state index contributed by atoms with van der Waals surface area (Å²) < 4.78 is 6.62. The molecule has 7 nitrogen and oxygen atoms in total. The molecule has 0 aromatic heterocycles. The fourth-order valence-corrected chi connectivity index (χ4v) is 0. The van der Waals surface area contributed by atoms with Gasteiger partial charge < -0.3 is 15.3 Å². The van der Waals surface area contributed by atoms with Crippen LogP contribution in [0.5, 0.6) is 0 Å². The van der Waals surface area contributed by atoms with Crippen LogP contribution in [0.4, 0.5) is 0 Å². The molecule has 14 heavy (non-hydrogen) atoms. The first-order chi connectivity index (χ1) is 6.20. The number of nitrogens with zero attached hydrogens (tertiary/aromatic N) is 1. The van der Waals surface area contributed by atoms with Crippen molar-refractivity contribution in [3.63, 3.8) is 0 Å². The maximum atomic E-state index is 8.89. The van der Waals surface area contributed by atoms with Gasteiger partial charge in [-0.05, 0) is 0 Å². The van der Waals surface area contributed by atoms with Gasteiger partial charge in [-0.25, -0.2) is 0 Å². The third-order valence-electron chi connectivity index (χ3n) is 0. The molecular formula is C6H9NNiO6-3. The molecule has 0 aromatic rings. The van der Waals surface area contributed by atoms with E-state index in [0.29, 0.717) is 0 Å². The Morgan fingerprint density at radius 2 is 0.786 bits per heavy atom. The van der Waals surface area contributed by atoms with Crippen molar-refractivity contribution in [3.8, 4) is 0 Å². The molecule has 0 unspecified atom stereocenters. The Kier molecular flexibility index (Phi) is 36.6. The van der Waals surface area contributed by atoms with Crippen LogP contribution in [0.15, 0.2) is 0 Å². The van der Waals surface area contributed by atoms with Crippen molar-refractivity contribution in [2.24, 2.45) is 0 Å². The van der Waals surface area contributed by atoms with Crippen LogP contribution in [-0.2, 0) is 29.5 Å². The van der Waals surface area contributed by atoms with Crippen LogP contribution in [-0.4, -0.2) is 33.2 Å². The molecule has 0 heterocycles. The van der Waals surface area contributed by atoms with E-state index in [2.05, 4.69) is 35.9 Å². The average Bonchev–Trinajstić information content (AvgIpc) is 1.86. The summed E-state index contributed by atoms with van der Waals surface area (Å²) in [6, 6.07) is 0. The van der Waals surface area contributed by atoms with E-state index >= 15 is 0 Å². The summed E-state index contributed by atoms with van der Waals surface area (Å²) in [4.78, 5) is 26.7. The van der Waals surface area contributed by atoms with Gasteiger partial charge in [-0.1, -0.05) is 0 Å². The molecule has 0 saturated heterocycles. The standard InChI is InChI=1S/3C2H3O2.N.Ni/c3*1-2(3)4;;/h3*1H2,(H,3,4);;/q3*-1;;. The van der Waals surface area contributed by atoms with Gasteiger partial charge in [-0.15, -0.1) is 0 Å². The number of rotatable bonds is 0. The summed E-state index contributed by atoms with van der Waals surface area (Å²) in [7, 11) is 0. The van der Waals surface area contributed by atoms with Crippen molar-refractivity contribution in [2.45, 2.75) is 0 Å². The second kappa shape index (κ2) is 22.5. The Balaban J connectivity index is -0.0000000492. The fraction of sp³-hybridized carbons (Fsp3) is 0. The van der Waals surface area contributed by atoms with Gasteiger partial charge in [-0.2, -0.15) is 0 Å². The minimum absolute atomic E-state index is 1.08. The summed E-state index contributed by atoms with van der Waals surface area (Å²) >= 11 is 2.88. The maximum absolute atomic E-state index is 8.89. The Bertz CT molecular complexity index is 149. The van der Waals surface area contributed by atoms with Crippen LogP contribution in [0.2, 0.25) is 0 Å². The summed E-state index contributed by atoms with van der Waals surface area (Å²) in [6.07, 6.45) is 0. The van der Waals surface area contributed by atoms with E-state index in [9.17, 15) is 0 Å². The van der Waals surface area contributed by atoms with Gasteiger partial charge >= 0.3 is 19.4 Å². The third-order valence-corrected chi connectivity index (χ3v) is 0. The van der Waals surface area contributed by atoms with Crippen LogP contribution in [0, 0.1) is 25.0 Å². The molecule has 0 saturated carbocycles. The van der Waals surface area contributed by atoms with E-state index in [1.165, 1.54) is 0 Å². The molecule has 0 fully saturated rings. The predicted octanol–water partition coefficient (Wildman–Crippen LogP) is -0.272. The molecule has 0 spiro atoms. The van der Waals surface area contributed by atoms with Crippen molar-refractivity contribution < 1.29 is 44.8 Å². The average molecular weight is 250 g/mol. The molecule has 0 aliphatic heterocycles. The van der Waals surface area contributed by atoms with Crippen molar-refractivity contribution >= 4 is 17.9 Å². The van der Waals surface area contributed by atoms with Gasteiger partial charge in [0.15, 0.2) is 17.9 Å². The van der Waals surface area contributed by atoms with Crippen LogP contribution < -0.4 is 0 Å². The second-order valence-electron chi connectivity index (χ2n) is 1.18. The molecule has 0 aliphatic carbocycles. The van der Waals surface area contributed by atoms with Crippen molar-refractivity contribution in [3.05, 3.63) is 20.8 Å². The summed E-state index contributed by atoms with van der Waals surface area (Å²) in [5.41, 5.74) is 0. The number of carboxylic acids is 3. The van der Waals surface area contributed by atoms with Crippen LogP contribution in [0.25, 0.3) is 0 Å². The summed E-state index contributed by atoms with van der Waals surface area (Å²) in [5, 5.41) is 21.9. The third kappa shape index (κ3) is 276. The summed E-state index contributed by atoms with van der Waals surface area (Å²) in [6.45, 7) is 7.67. The first-order valence-corrected chi connectivity index (χ1v) is 2.93. The minimum atomic E-state index is -1.08. The van der Waals surface area contributed by atoms with Crippen LogP contribution in [0.3, 0.4) is 0 Å². The molecule has 0 aliphatic rings. The van der Waals surface area contributed by atoms with Gasteiger partial charge in [0.25, 0.3) is 0 Å². The molecule has 3 N–H and O–H groups in total. The van der Waals surface area contributed by atoms with E-state index in [-0.39, 0.29) is 0 Å². The number of carbonyl (C=O) groups is 3.